The number of methoxy groups -OCH3 is 2. The number of rotatable bonds is 3. The van der Waals surface area contributed by atoms with Gasteiger partial charge in [0.1, 0.15) is 5.56 Å². The summed E-state index contributed by atoms with van der Waals surface area (Å²) in [6.45, 7) is 0. The number of benzene rings is 1. The fraction of sp³-hybridized carbons (Fsp3) is 0.222. The molecule has 0 aromatic heterocycles. The molecule has 3 nitrogen and oxygen atoms in total. The molecule has 0 N–H and O–H groups in total. The van der Waals surface area contributed by atoms with Gasteiger partial charge >= 0.3 is 0 Å². The van der Waals surface area contributed by atoms with Gasteiger partial charge in [-0.2, -0.15) is 0 Å². The lowest BCUT2D eigenvalue weighted by Gasteiger charge is -2.12. The number of hydrogen-bond acceptors (Lipinski definition) is 3. The Kier molecular flexibility index (Phi) is 4.08. The molecule has 0 atom stereocenters. The zero-order valence-electron chi connectivity index (χ0n) is 7.94. The van der Waals surface area contributed by atoms with Crippen molar-refractivity contribution in [1.29, 1.82) is 0 Å². The van der Waals surface area contributed by atoms with Crippen LogP contribution in [0.4, 0.5) is 0 Å². The van der Waals surface area contributed by atoms with Gasteiger partial charge in [0, 0.05) is 0 Å². The van der Waals surface area contributed by atoms with Crippen LogP contribution in [0, 0.1) is 0 Å². The molecule has 0 heterocycles. The van der Waals surface area contributed by atoms with Crippen LogP contribution < -0.4 is 9.47 Å². The van der Waals surface area contributed by atoms with Crippen LogP contribution in [-0.4, -0.2) is 19.5 Å². The Bertz CT molecular complexity index is 376. The zero-order chi connectivity index (χ0) is 11.6. The van der Waals surface area contributed by atoms with Gasteiger partial charge in [-0.3, -0.25) is 4.79 Å². The minimum absolute atomic E-state index is 0.0270. The second-order valence-corrected chi connectivity index (χ2v) is 3.71. The van der Waals surface area contributed by atoms with E-state index < -0.39 is 5.24 Å². The summed E-state index contributed by atoms with van der Waals surface area (Å²) in [6, 6.07) is 1.42. The molecule has 0 saturated carbocycles. The average molecular weight is 270 g/mol. The van der Waals surface area contributed by atoms with Gasteiger partial charge in [-0.1, -0.05) is 23.2 Å². The van der Waals surface area contributed by atoms with E-state index in [2.05, 4.69) is 0 Å². The maximum atomic E-state index is 11.2. The first-order chi connectivity index (χ1) is 7.02. The summed E-state index contributed by atoms with van der Waals surface area (Å²) in [5.41, 5.74) is 0.0270. The molecule has 0 saturated heterocycles. The van der Waals surface area contributed by atoms with Crippen molar-refractivity contribution in [3.05, 3.63) is 21.7 Å². The first kappa shape index (κ1) is 12.4. The van der Waals surface area contributed by atoms with Crippen LogP contribution in [0.2, 0.25) is 10.0 Å². The molecule has 1 rings (SSSR count). The van der Waals surface area contributed by atoms with E-state index in [1.54, 1.807) is 0 Å². The summed E-state index contributed by atoms with van der Waals surface area (Å²) in [4.78, 5) is 11.2. The molecule has 1 aromatic carbocycles. The molecule has 0 aliphatic carbocycles. The SMILES string of the molecule is COc1c(Cl)cc(Cl)c(OC)c1C(=O)Cl. The van der Waals surface area contributed by atoms with E-state index in [4.69, 9.17) is 44.3 Å². The summed E-state index contributed by atoms with van der Waals surface area (Å²) in [6.07, 6.45) is 0. The largest absolute Gasteiger partial charge is 0.494 e. The highest BCUT2D eigenvalue weighted by Gasteiger charge is 2.22. The first-order valence-corrected chi connectivity index (χ1v) is 4.96. The molecule has 1 aromatic rings. The molecule has 0 radical (unpaired) electrons. The predicted octanol–water partition coefficient (Wildman–Crippen LogP) is 3.39. The Morgan fingerprint density at radius 3 is 1.80 bits per heavy atom. The van der Waals surface area contributed by atoms with Crippen LogP contribution in [0.5, 0.6) is 11.5 Å². The third-order valence-corrected chi connectivity index (χ3v) is 2.50. The van der Waals surface area contributed by atoms with Gasteiger partial charge in [0.15, 0.2) is 11.5 Å². The molecule has 0 unspecified atom stereocenters. The van der Waals surface area contributed by atoms with Gasteiger partial charge in [-0.15, -0.1) is 0 Å². The van der Waals surface area contributed by atoms with Gasteiger partial charge in [-0.05, 0) is 17.7 Å². The van der Waals surface area contributed by atoms with Crippen molar-refractivity contribution in [2.24, 2.45) is 0 Å². The highest BCUT2D eigenvalue weighted by atomic mass is 35.5. The minimum atomic E-state index is -0.742. The molecule has 0 spiro atoms. The highest BCUT2D eigenvalue weighted by molar-refractivity contribution is 6.68. The molecule has 15 heavy (non-hydrogen) atoms. The Morgan fingerprint density at radius 2 is 1.53 bits per heavy atom. The van der Waals surface area contributed by atoms with Crippen LogP contribution in [0.3, 0.4) is 0 Å². The standard InChI is InChI=1S/C9H7Cl3O3/c1-14-7-4(10)3-5(11)8(15-2)6(7)9(12)13/h3H,1-2H3. The van der Waals surface area contributed by atoms with Gasteiger partial charge in [0.2, 0.25) is 0 Å². The van der Waals surface area contributed by atoms with Gasteiger partial charge in [0.25, 0.3) is 5.24 Å². The first-order valence-electron chi connectivity index (χ1n) is 3.82. The van der Waals surface area contributed by atoms with Crippen molar-refractivity contribution in [2.75, 3.05) is 14.2 Å². The lowest BCUT2D eigenvalue weighted by molar-refractivity contribution is 0.107. The number of ether oxygens (including phenoxy) is 2. The van der Waals surface area contributed by atoms with Crippen LogP contribution in [-0.2, 0) is 0 Å². The highest BCUT2D eigenvalue weighted by Crippen LogP contribution is 2.41. The second kappa shape index (κ2) is 4.92. The summed E-state index contributed by atoms with van der Waals surface area (Å²) in [7, 11) is 2.75. The maximum absolute atomic E-state index is 11.2. The van der Waals surface area contributed by atoms with E-state index in [1.165, 1.54) is 20.3 Å². The topological polar surface area (TPSA) is 35.5 Å². The second-order valence-electron chi connectivity index (χ2n) is 2.56. The third kappa shape index (κ3) is 2.30. The van der Waals surface area contributed by atoms with Crippen molar-refractivity contribution >= 4 is 40.0 Å². The molecule has 6 heteroatoms. The fourth-order valence-electron chi connectivity index (χ4n) is 1.16. The molecular formula is C9H7Cl3O3. The molecule has 0 aliphatic heterocycles. The van der Waals surface area contributed by atoms with Crippen molar-refractivity contribution in [1.82, 2.24) is 0 Å². The number of carbonyl (C=O) groups is 1. The average Bonchev–Trinajstić information content (AvgIpc) is 2.16. The van der Waals surface area contributed by atoms with E-state index >= 15 is 0 Å². The Hall–Kier alpha value is -0.640. The normalized spacial score (nSPS) is 9.93. The summed E-state index contributed by atoms with van der Waals surface area (Å²) in [5.74, 6) is 0.302. The summed E-state index contributed by atoms with van der Waals surface area (Å²) >= 11 is 17.1. The van der Waals surface area contributed by atoms with Crippen LogP contribution in [0.15, 0.2) is 6.07 Å². The Balaban J connectivity index is 3.58. The smallest absolute Gasteiger partial charge is 0.260 e. The van der Waals surface area contributed by atoms with Crippen molar-refractivity contribution < 1.29 is 14.3 Å². The molecule has 0 aliphatic rings. The molecule has 0 bridgehead atoms. The van der Waals surface area contributed by atoms with E-state index in [-0.39, 0.29) is 27.1 Å². The maximum Gasteiger partial charge on any atom is 0.260 e. The number of hydrogen-bond donors (Lipinski definition) is 0. The lowest BCUT2D eigenvalue weighted by Crippen LogP contribution is -2.01. The van der Waals surface area contributed by atoms with Crippen LogP contribution in [0.25, 0.3) is 0 Å². The fourth-order valence-corrected chi connectivity index (χ4v) is 1.95. The Labute approximate surface area is 102 Å². The van der Waals surface area contributed by atoms with E-state index in [0.29, 0.717) is 0 Å². The lowest BCUT2D eigenvalue weighted by atomic mass is 10.2. The van der Waals surface area contributed by atoms with E-state index in [1.807, 2.05) is 0 Å². The van der Waals surface area contributed by atoms with Crippen molar-refractivity contribution in [3.63, 3.8) is 0 Å². The van der Waals surface area contributed by atoms with E-state index in [9.17, 15) is 4.79 Å². The van der Waals surface area contributed by atoms with Gasteiger partial charge < -0.3 is 9.47 Å². The van der Waals surface area contributed by atoms with Gasteiger partial charge in [0.05, 0.1) is 24.3 Å². The van der Waals surface area contributed by atoms with Crippen molar-refractivity contribution in [2.45, 2.75) is 0 Å². The molecular weight excluding hydrogens is 262 g/mol. The zero-order valence-corrected chi connectivity index (χ0v) is 10.2. The summed E-state index contributed by atoms with van der Waals surface area (Å²) < 4.78 is 9.92. The third-order valence-electron chi connectivity index (χ3n) is 1.75. The number of halogens is 3. The molecule has 82 valence electrons. The quantitative estimate of drug-likeness (QED) is 0.789. The summed E-state index contributed by atoms with van der Waals surface area (Å²) in [5, 5.41) is -0.340. The molecule has 0 amide bonds. The number of carbonyl (C=O) groups excluding carboxylic acids is 1. The van der Waals surface area contributed by atoms with Crippen molar-refractivity contribution in [3.8, 4) is 11.5 Å². The predicted molar refractivity (Wildman–Crippen MR) is 59.7 cm³/mol. The monoisotopic (exact) mass is 268 g/mol. The van der Waals surface area contributed by atoms with E-state index in [0.717, 1.165) is 0 Å². The van der Waals surface area contributed by atoms with Gasteiger partial charge in [-0.25, -0.2) is 0 Å². The Morgan fingerprint density at radius 1 is 1.13 bits per heavy atom. The van der Waals surface area contributed by atoms with Crippen LogP contribution in [0.1, 0.15) is 10.4 Å². The molecule has 0 fully saturated rings. The van der Waals surface area contributed by atoms with Crippen LogP contribution >= 0.6 is 34.8 Å². The minimum Gasteiger partial charge on any atom is -0.494 e.